The van der Waals surface area contributed by atoms with Gasteiger partial charge in [0.15, 0.2) is 0 Å². The van der Waals surface area contributed by atoms with Crippen LogP contribution in [0, 0.1) is 0 Å². The molecule has 0 atom stereocenters. The number of carbonyl (C=O) groups excluding carboxylic acids is 1. The van der Waals surface area contributed by atoms with Gasteiger partial charge in [0.25, 0.3) is 0 Å². The zero-order valence-electron chi connectivity index (χ0n) is 22.4. The molecule has 0 aliphatic carbocycles. The molecular formula is C28H36N4O5S. The van der Waals surface area contributed by atoms with Gasteiger partial charge in [-0.25, -0.2) is 14.8 Å². The number of nitrogens with zero attached hydrogens (tertiary/aromatic N) is 2. The summed E-state index contributed by atoms with van der Waals surface area (Å²) >= 11 is 1.61. The first-order valence-corrected chi connectivity index (χ1v) is 13.3. The standard InChI is InChI=1S/C28H36N4O5S/c1-28(2,3)37-27(33)30-13-14-34-15-16-35-17-18-36-22-10-11-23-24(19-22)38-26(32-23)8-6-5-7-21-9-12-25(29-4)31-20-21/h5-12,19-20H,13-18H2,1-4H3,(H,29,31)(H,30,33)/b7-5+,8-6+. The van der Waals surface area contributed by atoms with Crippen LogP contribution in [-0.4, -0.2) is 68.3 Å². The van der Waals surface area contributed by atoms with Crippen molar-refractivity contribution in [2.45, 2.75) is 26.4 Å². The summed E-state index contributed by atoms with van der Waals surface area (Å²) in [5, 5.41) is 6.57. The number of allylic oxidation sites excluding steroid dienone is 2. The number of nitrogens with one attached hydrogen (secondary N) is 2. The molecule has 0 fully saturated rings. The lowest BCUT2D eigenvalue weighted by Gasteiger charge is -2.19. The number of carbonyl (C=O) groups is 1. The highest BCUT2D eigenvalue weighted by atomic mass is 32.1. The molecule has 2 N–H and O–H groups in total. The average molecular weight is 541 g/mol. The topological polar surface area (TPSA) is 104 Å². The minimum atomic E-state index is -0.510. The largest absolute Gasteiger partial charge is 0.491 e. The Kier molecular flexibility index (Phi) is 11.5. The second-order valence-corrected chi connectivity index (χ2v) is 10.2. The molecular weight excluding hydrogens is 504 g/mol. The van der Waals surface area contributed by atoms with Gasteiger partial charge < -0.3 is 29.6 Å². The van der Waals surface area contributed by atoms with Gasteiger partial charge in [-0.3, -0.25) is 0 Å². The molecule has 38 heavy (non-hydrogen) atoms. The molecule has 0 aliphatic heterocycles. The lowest BCUT2D eigenvalue weighted by atomic mass is 10.2. The van der Waals surface area contributed by atoms with Crippen LogP contribution in [0.2, 0.25) is 0 Å². The van der Waals surface area contributed by atoms with Gasteiger partial charge in [-0.15, -0.1) is 11.3 Å². The van der Waals surface area contributed by atoms with Crippen molar-refractivity contribution in [1.82, 2.24) is 15.3 Å². The molecule has 2 aromatic heterocycles. The first-order chi connectivity index (χ1) is 18.3. The minimum absolute atomic E-state index is 0.385. The molecule has 0 radical (unpaired) electrons. The molecule has 0 aliphatic rings. The van der Waals surface area contributed by atoms with E-state index >= 15 is 0 Å². The van der Waals surface area contributed by atoms with Gasteiger partial charge in [0.2, 0.25) is 0 Å². The molecule has 204 valence electrons. The number of alkyl carbamates (subject to hydrolysis) is 1. The fraction of sp³-hybridized carbons (Fsp3) is 0.393. The molecule has 3 rings (SSSR count). The average Bonchev–Trinajstić information content (AvgIpc) is 3.29. The van der Waals surface area contributed by atoms with Crippen LogP contribution in [0.4, 0.5) is 10.6 Å². The zero-order valence-corrected chi connectivity index (χ0v) is 23.2. The highest BCUT2D eigenvalue weighted by molar-refractivity contribution is 7.19. The van der Waals surface area contributed by atoms with E-state index in [1.54, 1.807) is 11.3 Å². The third kappa shape index (κ3) is 10.9. The smallest absolute Gasteiger partial charge is 0.407 e. The molecule has 10 heteroatoms. The minimum Gasteiger partial charge on any atom is -0.491 e. The third-order valence-corrected chi connectivity index (χ3v) is 5.82. The van der Waals surface area contributed by atoms with Crippen molar-refractivity contribution in [3.05, 3.63) is 59.3 Å². The summed E-state index contributed by atoms with van der Waals surface area (Å²) in [4.78, 5) is 20.5. The Morgan fingerprint density at radius 1 is 1.00 bits per heavy atom. The van der Waals surface area contributed by atoms with Crippen LogP contribution >= 0.6 is 11.3 Å². The summed E-state index contributed by atoms with van der Waals surface area (Å²) in [6.07, 6.45) is 9.31. The summed E-state index contributed by atoms with van der Waals surface area (Å²) in [5.74, 6) is 1.62. The number of rotatable bonds is 14. The molecule has 1 aromatic carbocycles. The lowest BCUT2D eigenvalue weighted by Crippen LogP contribution is -2.34. The molecule has 9 nitrogen and oxygen atoms in total. The molecule has 0 unspecified atom stereocenters. The van der Waals surface area contributed by atoms with E-state index in [1.165, 1.54) is 0 Å². The maximum Gasteiger partial charge on any atom is 0.407 e. The van der Waals surface area contributed by atoms with E-state index in [0.29, 0.717) is 39.6 Å². The van der Waals surface area contributed by atoms with Crippen LogP contribution in [0.25, 0.3) is 22.4 Å². The van der Waals surface area contributed by atoms with E-state index in [-0.39, 0.29) is 0 Å². The predicted molar refractivity (Wildman–Crippen MR) is 153 cm³/mol. The first kappa shape index (κ1) is 29.1. The molecule has 0 saturated heterocycles. The van der Waals surface area contributed by atoms with Crippen LogP contribution in [0.3, 0.4) is 0 Å². The van der Waals surface area contributed by atoms with Crippen LogP contribution in [0.15, 0.2) is 48.7 Å². The maximum absolute atomic E-state index is 11.5. The Labute approximate surface area is 227 Å². The monoisotopic (exact) mass is 540 g/mol. The number of thiazole rings is 1. The van der Waals surface area contributed by atoms with Gasteiger partial charge in [0, 0.05) is 19.8 Å². The van der Waals surface area contributed by atoms with Crippen molar-refractivity contribution < 1.29 is 23.7 Å². The Hall–Kier alpha value is -3.47. The number of pyridine rings is 1. The van der Waals surface area contributed by atoms with Gasteiger partial charge in [0.1, 0.15) is 28.8 Å². The molecule has 0 bridgehead atoms. The molecule has 3 aromatic rings. The second kappa shape index (κ2) is 15.1. The first-order valence-electron chi connectivity index (χ1n) is 12.5. The van der Waals surface area contributed by atoms with Gasteiger partial charge in [-0.2, -0.15) is 0 Å². The van der Waals surface area contributed by atoms with E-state index in [1.807, 2.05) is 88.7 Å². The summed E-state index contributed by atoms with van der Waals surface area (Å²) in [7, 11) is 1.85. The number of hydrogen-bond acceptors (Lipinski definition) is 9. The summed E-state index contributed by atoms with van der Waals surface area (Å²) in [6.45, 7) is 8.02. The summed E-state index contributed by atoms with van der Waals surface area (Å²) in [6, 6.07) is 9.82. The zero-order chi connectivity index (χ0) is 27.2. The number of ether oxygens (including phenoxy) is 4. The normalized spacial score (nSPS) is 11.9. The Morgan fingerprint density at radius 3 is 2.50 bits per heavy atom. The number of aromatic nitrogens is 2. The van der Waals surface area contributed by atoms with Crippen molar-refractivity contribution in [2.75, 3.05) is 51.9 Å². The molecule has 0 spiro atoms. The second-order valence-electron chi connectivity index (χ2n) is 9.13. The quantitative estimate of drug-likeness (QED) is 0.207. The fourth-order valence-electron chi connectivity index (χ4n) is 3.12. The van der Waals surface area contributed by atoms with Crippen LogP contribution in [0.5, 0.6) is 5.75 Å². The van der Waals surface area contributed by atoms with Crippen molar-refractivity contribution in [3.63, 3.8) is 0 Å². The fourth-order valence-corrected chi connectivity index (χ4v) is 4.03. The van der Waals surface area contributed by atoms with Gasteiger partial charge in [-0.1, -0.05) is 18.2 Å². The maximum atomic E-state index is 11.5. The van der Waals surface area contributed by atoms with Crippen LogP contribution in [-0.2, 0) is 14.2 Å². The van der Waals surface area contributed by atoms with E-state index in [9.17, 15) is 4.79 Å². The molecule has 0 saturated carbocycles. The Morgan fingerprint density at radius 2 is 1.76 bits per heavy atom. The number of benzene rings is 1. The van der Waals surface area contributed by atoms with Crippen LogP contribution in [0.1, 0.15) is 31.3 Å². The summed E-state index contributed by atoms with van der Waals surface area (Å²) < 4.78 is 23.0. The third-order valence-electron chi connectivity index (χ3n) is 4.84. The SMILES string of the molecule is CNc1ccc(/C=C/C=C/c2nc3ccc(OCCOCCOCCNC(=O)OC(C)(C)C)cc3s2)cn1. The molecule has 2 heterocycles. The molecule has 1 amide bonds. The predicted octanol–water partition coefficient (Wildman–Crippen LogP) is 5.40. The van der Waals surface area contributed by atoms with Crippen molar-refractivity contribution in [3.8, 4) is 5.75 Å². The van der Waals surface area contributed by atoms with E-state index in [2.05, 4.69) is 20.6 Å². The van der Waals surface area contributed by atoms with Gasteiger partial charge >= 0.3 is 6.09 Å². The van der Waals surface area contributed by atoms with Crippen molar-refractivity contribution >= 4 is 45.6 Å². The number of fused-ring (bicyclic) bond motifs is 1. The number of anilines is 1. The summed E-state index contributed by atoms with van der Waals surface area (Å²) in [5.41, 5.74) is 1.46. The van der Waals surface area contributed by atoms with E-state index < -0.39 is 11.7 Å². The number of hydrogen-bond donors (Lipinski definition) is 2. The van der Waals surface area contributed by atoms with Crippen molar-refractivity contribution in [2.24, 2.45) is 0 Å². The Bertz CT molecular complexity index is 1200. The highest BCUT2D eigenvalue weighted by Crippen LogP contribution is 2.27. The lowest BCUT2D eigenvalue weighted by molar-refractivity contribution is 0.0328. The van der Waals surface area contributed by atoms with Gasteiger partial charge in [0.05, 0.1) is 36.6 Å². The van der Waals surface area contributed by atoms with E-state index in [4.69, 9.17) is 18.9 Å². The Balaban J connectivity index is 1.30. The van der Waals surface area contributed by atoms with E-state index in [0.717, 1.165) is 32.4 Å². The van der Waals surface area contributed by atoms with Crippen LogP contribution < -0.4 is 15.4 Å². The highest BCUT2D eigenvalue weighted by Gasteiger charge is 2.15. The number of amides is 1. The van der Waals surface area contributed by atoms with Crippen molar-refractivity contribution in [1.29, 1.82) is 0 Å². The van der Waals surface area contributed by atoms with Gasteiger partial charge in [-0.05, 0) is 62.7 Å².